The number of halogens is 1. The second-order valence-electron chi connectivity index (χ2n) is 3.58. The summed E-state index contributed by atoms with van der Waals surface area (Å²) in [6.07, 6.45) is 3.57. The lowest BCUT2D eigenvalue weighted by Gasteiger charge is -2.03. The molecular weight excluding hydrogens is 288 g/mol. The summed E-state index contributed by atoms with van der Waals surface area (Å²) in [7, 11) is 0. The molecule has 0 atom stereocenters. The maximum absolute atomic E-state index is 11.4. The predicted molar refractivity (Wildman–Crippen MR) is 71.4 cm³/mol. The summed E-state index contributed by atoms with van der Waals surface area (Å²) in [6.45, 7) is 1.34. The third-order valence-electron chi connectivity index (χ3n) is 2.20. The molecule has 0 radical (unpaired) electrons. The topological polar surface area (TPSA) is 55.1 Å². The molecule has 1 aromatic rings. The number of thiophene rings is 1. The van der Waals surface area contributed by atoms with Crippen LogP contribution in [0.4, 0.5) is 0 Å². The average Bonchev–Trinajstić information content (AvgIpc) is 2.68. The molecule has 0 fully saturated rings. The standard InChI is InChI=1S/C11H17BrN2OS/c12-10-6-5-9(16-10)8-14-11(15)4-2-1-3-7-13/h5-6H,1-4,7-8,13H2,(H,14,15). The first-order chi connectivity index (χ1) is 7.72. The first kappa shape index (κ1) is 13.7. The van der Waals surface area contributed by atoms with E-state index in [1.165, 1.54) is 4.88 Å². The molecule has 0 aliphatic heterocycles. The van der Waals surface area contributed by atoms with Gasteiger partial charge in [0.25, 0.3) is 0 Å². The van der Waals surface area contributed by atoms with Gasteiger partial charge in [0.05, 0.1) is 10.3 Å². The van der Waals surface area contributed by atoms with E-state index in [0.29, 0.717) is 19.5 Å². The van der Waals surface area contributed by atoms with Crippen LogP contribution < -0.4 is 11.1 Å². The number of carbonyl (C=O) groups is 1. The minimum absolute atomic E-state index is 0.126. The first-order valence-electron chi connectivity index (χ1n) is 5.43. The van der Waals surface area contributed by atoms with Crippen molar-refractivity contribution in [3.05, 3.63) is 20.8 Å². The Labute approximate surface area is 109 Å². The summed E-state index contributed by atoms with van der Waals surface area (Å²) in [4.78, 5) is 12.6. The molecule has 16 heavy (non-hydrogen) atoms. The largest absolute Gasteiger partial charge is 0.351 e. The normalized spacial score (nSPS) is 10.4. The van der Waals surface area contributed by atoms with Gasteiger partial charge < -0.3 is 11.1 Å². The number of hydrogen-bond donors (Lipinski definition) is 2. The summed E-state index contributed by atoms with van der Waals surface area (Å²) in [5, 5.41) is 2.91. The third-order valence-corrected chi connectivity index (χ3v) is 3.82. The highest BCUT2D eigenvalue weighted by Crippen LogP contribution is 2.21. The summed E-state index contributed by atoms with van der Waals surface area (Å²) >= 11 is 5.04. The van der Waals surface area contributed by atoms with Crippen LogP contribution in [0.3, 0.4) is 0 Å². The lowest BCUT2D eigenvalue weighted by Crippen LogP contribution is -2.21. The molecule has 0 saturated heterocycles. The fraction of sp³-hybridized carbons (Fsp3) is 0.545. The molecule has 0 unspecified atom stereocenters. The van der Waals surface area contributed by atoms with Crippen molar-refractivity contribution in [1.29, 1.82) is 0 Å². The van der Waals surface area contributed by atoms with Gasteiger partial charge in [0, 0.05) is 11.3 Å². The number of rotatable bonds is 7. The van der Waals surface area contributed by atoms with Gasteiger partial charge >= 0.3 is 0 Å². The fourth-order valence-corrected chi connectivity index (χ4v) is 2.75. The molecule has 0 aromatic carbocycles. The van der Waals surface area contributed by atoms with Crippen LogP contribution in [0.1, 0.15) is 30.6 Å². The van der Waals surface area contributed by atoms with Crippen LogP contribution >= 0.6 is 27.3 Å². The Kier molecular flexibility index (Phi) is 6.68. The van der Waals surface area contributed by atoms with Gasteiger partial charge in [-0.25, -0.2) is 0 Å². The van der Waals surface area contributed by atoms with Crippen molar-refractivity contribution in [2.45, 2.75) is 32.2 Å². The van der Waals surface area contributed by atoms with Gasteiger partial charge in [-0.3, -0.25) is 4.79 Å². The number of hydrogen-bond acceptors (Lipinski definition) is 3. The summed E-state index contributed by atoms with van der Waals surface area (Å²) < 4.78 is 1.10. The van der Waals surface area contributed by atoms with Crippen molar-refractivity contribution in [2.24, 2.45) is 5.73 Å². The van der Waals surface area contributed by atoms with E-state index < -0.39 is 0 Å². The van der Waals surface area contributed by atoms with Crippen LogP contribution in [0.5, 0.6) is 0 Å². The number of nitrogens with two attached hydrogens (primary N) is 1. The van der Waals surface area contributed by atoms with E-state index in [0.717, 1.165) is 23.0 Å². The van der Waals surface area contributed by atoms with Crippen LogP contribution in [0, 0.1) is 0 Å². The number of unbranched alkanes of at least 4 members (excludes halogenated alkanes) is 2. The molecular formula is C11H17BrN2OS. The highest BCUT2D eigenvalue weighted by Gasteiger charge is 2.02. The summed E-state index contributed by atoms with van der Waals surface area (Å²) in [5.74, 6) is 0.126. The number of nitrogens with one attached hydrogen (secondary N) is 1. The van der Waals surface area contributed by atoms with Crippen LogP contribution in [0.2, 0.25) is 0 Å². The van der Waals surface area contributed by atoms with E-state index in [-0.39, 0.29) is 5.91 Å². The third kappa shape index (κ3) is 5.63. The predicted octanol–water partition coefficient (Wildman–Crippen LogP) is 2.65. The first-order valence-corrected chi connectivity index (χ1v) is 7.04. The van der Waals surface area contributed by atoms with Crippen LogP contribution in [0.15, 0.2) is 15.9 Å². The van der Waals surface area contributed by atoms with Gasteiger partial charge in [-0.1, -0.05) is 6.42 Å². The molecule has 90 valence electrons. The Bertz CT molecular complexity index is 328. The smallest absolute Gasteiger partial charge is 0.220 e. The molecule has 1 heterocycles. The quantitative estimate of drug-likeness (QED) is 0.761. The lowest BCUT2D eigenvalue weighted by atomic mass is 10.2. The van der Waals surface area contributed by atoms with E-state index >= 15 is 0 Å². The molecule has 0 spiro atoms. The maximum atomic E-state index is 11.4. The Hall–Kier alpha value is -0.390. The van der Waals surface area contributed by atoms with Crippen LogP contribution in [-0.2, 0) is 11.3 Å². The van der Waals surface area contributed by atoms with Gasteiger partial charge in [0.15, 0.2) is 0 Å². The van der Waals surface area contributed by atoms with E-state index in [1.807, 2.05) is 12.1 Å². The van der Waals surface area contributed by atoms with Gasteiger partial charge in [0.1, 0.15) is 0 Å². The highest BCUT2D eigenvalue weighted by molar-refractivity contribution is 9.11. The van der Waals surface area contributed by atoms with Crippen molar-refractivity contribution < 1.29 is 4.79 Å². The molecule has 3 N–H and O–H groups in total. The molecule has 3 nitrogen and oxygen atoms in total. The van der Waals surface area contributed by atoms with Crippen molar-refractivity contribution >= 4 is 33.2 Å². The van der Waals surface area contributed by atoms with Gasteiger partial charge in [-0.05, 0) is 47.4 Å². The van der Waals surface area contributed by atoms with Crippen molar-refractivity contribution in [3.63, 3.8) is 0 Å². The van der Waals surface area contributed by atoms with E-state index in [9.17, 15) is 4.79 Å². The minimum Gasteiger partial charge on any atom is -0.351 e. The monoisotopic (exact) mass is 304 g/mol. The van der Waals surface area contributed by atoms with Crippen molar-refractivity contribution in [3.8, 4) is 0 Å². The van der Waals surface area contributed by atoms with Gasteiger partial charge in [-0.15, -0.1) is 11.3 Å². The lowest BCUT2D eigenvalue weighted by molar-refractivity contribution is -0.121. The highest BCUT2D eigenvalue weighted by atomic mass is 79.9. The molecule has 0 aliphatic rings. The maximum Gasteiger partial charge on any atom is 0.220 e. The van der Waals surface area contributed by atoms with Gasteiger partial charge in [0.2, 0.25) is 5.91 Å². The molecule has 0 aliphatic carbocycles. The SMILES string of the molecule is NCCCCCC(=O)NCc1ccc(Br)s1. The Morgan fingerprint density at radius 1 is 1.38 bits per heavy atom. The molecule has 5 heteroatoms. The van der Waals surface area contributed by atoms with Crippen molar-refractivity contribution in [2.75, 3.05) is 6.54 Å². The zero-order chi connectivity index (χ0) is 11.8. The fourth-order valence-electron chi connectivity index (χ4n) is 1.33. The molecule has 0 saturated carbocycles. The average molecular weight is 305 g/mol. The van der Waals surface area contributed by atoms with E-state index in [2.05, 4.69) is 21.2 Å². The summed E-state index contributed by atoms with van der Waals surface area (Å²) in [6, 6.07) is 4.01. The number of amides is 1. The number of carbonyl (C=O) groups excluding carboxylic acids is 1. The zero-order valence-corrected chi connectivity index (χ0v) is 11.6. The zero-order valence-electron chi connectivity index (χ0n) is 9.17. The molecule has 1 aromatic heterocycles. The second kappa shape index (κ2) is 7.81. The second-order valence-corrected chi connectivity index (χ2v) is 6.13. The van der Waals surface area contributed by atoms with Gasteiger partial charge in [-0.2, -0.15) is 0 Å². The minimum atomic E-state index is 0.126. The molecule has 0 bridgehead atoms. The van der Waals surface area contributed by atoms with E-state index in [1.54, 1.807) is 11.3 Å². The summed E-state index contributed by atoms with van der Waals surface area (Å²) in [5.41, 5.74) is 5.38. The van der Waals surface area contributed by atoms with E-state index in [4.69, 9.17) is 5.73 Å². The Morgan fingerprint density at radius 3 is 2.81 bits per heavy atom. The van der Waals surface area contributed by atoms with Crippen LogP contribution in [0.25, 0.3) is 0 Å². The Morgan fingerprint density at radius 2 is 2.19 bits per heavy atom. The van der Waals surface area contributed by atoms with Crippen molar-refractivity contribution in [1.82, 2.24) is 5.32 Å². The molecule has 1 amide bonds. The van der Waals surface area contributed by atoms with Crippen LogP contribution in [-0.4, -0.2) is 12.5 Å². The Balaban J connectivity index is 2.10. The molecule has 1 rings (SSSR count).